The van der Waals surface area contributed by atoms with Crippen molar-refractivity contribution in [3.63, 3.8) is 0 Å². The topological polar surface area (TPSA) is 40.2 Å². The number of nitrogens with two attached hydrogens (primary N) is 1. The van der Waals surface area contributed by atoms with E-state index in [-0.39, 0.29) is 6.04 Å². The van der Waals surface area contributed by atoms with Crippen molar-refractivity contribution in [2.45, 2.75) is 56.7 Å². The van der Waals surface area contributed by atoms with Gasteiger partial charge >= 0.3 is 0 Å². The Bertz CT molecular complexity index is 399. The van der Waals surface area contributed by atoms with Crippen LogP contribution < -0.4 is 5.73 Å². The Morgan fingerprint density at radius 3 is 3.00 bits per heavy atom. The van der Waals surface area contributed by atoms with E-state index in [1.54, 1.807) is 0 Å². The monoisotopic (exact) mass is 234 g/mol. The normalized spacial score (nSPS) is 32.7. The molecule has 0 aromatic carbocycles. The lowest BCUT2D eigenvalue weighted by Gasteiger charge is -2.23. The van der Waals surface area contributed by atoms with Gasteiger partial charge in [-0.2, -0.15) is 0 Å². The van der Waals surface area contributed by atoms with Crippen LogP contribution in [0, 0.1) is 0 Å². The zero-order valence-electron chi connectivity index (χ0n) is 10.6. The summed E-state index contributed by atoms with van der Waals surface area (Å²) in [7, 11) is 1.83. The molecule has 0 amide bonds. The number of hydrogen-bond acceptors (Lipinski definition) is 2. The van der Waals surface area contributed by atoms with Crippen LogP contribution in [0.25, 0.3) is 0 Å². The lowest BCUT2D eigenvalue weighted by molar-refractivity contribution is 0.105. The van der Waals surface area contributed by atoms with Crippen LogP contribution in [0.5, 0.6) is 0 Å². The van der Waals surface area contributed by atoms with E-state index in [1.165, 1.54) is 36.9 Å². The van der Waals surface area contributed by atoms with Gasteiger partial charge in [0.2, 0.25) is 0 Å². The molecular formula is C14H22N2O. The highest BCUT2D eigenvalue weighted by Gasteiger charge is 2.29. The molecule has 3 rings (SSSR count). The lowest BCUT2D eigenvalue weighted by atomic mass is 9.93. The summed E-state index contributed by atoms with van der Waals surface area (Å²) < 4.78 is 7.95. The number of fused-ring (bicyclic) bond motifs is 1. The SMILES string of the molecule is COC1CCC(n2ccc3c2CCCC3N)C1. The Balaban J connectivity index is 1.85. The minimum absolute atomic E-state index is 0.264. The van der Waals surface area contributed by atoms with Gasteiger partial charge in [0.15, 0.2) is 0 Å². The fourth-order valence-electron chi connectivity index (χ4n) is 3.48. The Morgan fingerprint density at radius 1 is 1.35 bits per heavy atom. The van der Waals surface area contributed by atoms with Crippen LogP contribution in [0.3, 0.4) is 0 Å². The average Bonchev–Trinajstić information content (AvgIpc) is 2.94. The zero-order chi connectivity index (χ0) is 11.8. The molecule has 3 nitrogen and oxygen atoms in total. The average molecular weight is 234 g/mol. The summed E-state index contributed by atoms with van der Waals surface area (Å²) in [4.78, 5) is 0. The van der Waals surface area contributed by atoms with Crippen molar-refractivity contribution in [3.8, 4) is 0 Å². The molecule has 0 spiro atoms. The molecule has 17 heavy (non-hydrogen) atoms. The molecular weight excluding hydrogens is 212 g/mol. The minimum Gasteiger partial charge on any atom is -0.381 e. The maximum Gasteiger partial charge on any atom is 0.0591 e. The summed E-state index contributed by atoms with van der Waals surface area (Å²) in [6.07, 6.45) is 9.88. The van der Waals surface area contributed by atoms with Gasteiger partial charge in [-0.05, 0) is 50.2 Å². The number of aromatic nitrogens is 1. The van der Waals surface area contributed by atoms with Crippen LogP contribution in [0.4, 0.5) is 0 Å². The van der Waals surface area contributed by atoms with Gasteiger partial charge in [0.25, 0.3) is 0 Å². The highest BCUT2D eigenvalue weighted by Crippen LogP contribution is 2.37. The molecule has 94 valence electrons. The largest absolute Gasteiger partial charge is 0.381 e. The molecule has 3 unspecified atom stereocenters. The molecule has 2 aliphatic rings. The van der Waals surface area contributed by atoms with E-state index in [0.29, 0.717) is 12.1 Å². The van der Waals surface area contributed by atoms with Crippen molar-refractivity contribution in [3.05, 3.63) is 23.5 Å². The predicted octanol–water partition coefficient (Wildman–Crippen LogP) is 2.56. The highest BCUT2D eigenvalue weighted by atomic mass is 16.5. The van der Waals surface area contributed by atoms with Gasteiger partial charge in [0.1, 0.15) is 0 Å². The molecule has 1 aromatic heterocycles. The van der Waals surface area contributed by atoms with Gasteiger partial charge in [0, 0.05) is 31.1 Å². The van der Waals surface area contributed by atoms with Gasteiger partial charge in [-0.25, -0.2) is 0 Å². The second kappa shape index (κ2) is 4.46. The zero-order valence-corrected chi connectivity index (χ0v) is 10.6. The highest BCUT2D eigenvalue weighted by molar-refractivity contribution is 5.29. The summed E-state index contributed by atoms with van der Waals surface area (Å²) in [5, 5.41) is 0. The van der Waals surface area contributed by atoms with E-state index in [1.807, 2.05) is 7.11 Å². The van der Waals surface area contributed by atoms with E-state index < -0.39 is 0 Å². The standard InChI is InChI=1S/C14H22N2O/c1-17-11-6-5-10(9-11)16-8-7-12-13(15)3-2-4-14(12)16/h7-8,10-11,13H,2-6,9,15H2,1H3. The first kappa shape index (κ1) is 11.3. The number of hydrogen-bond donors (Lipinski definition) is 1. The molecule has 1 fully saturated rings. The molecule has 0 radical (unpaired) electrons. The Morgan fingerprint density at radius 2 is 2.24 bits per heavy atom. The maximum absolute atomic E-state index is 6.17. The van der Waals surface area contributed by atoms with E-state index in [2.05, 4.69) is 16.8 Å². The molecule has 2 N–H and O–H groups in total. The molecule has 0 aliphatic heterocycles. The number of rotatable bonds is 2. The van der Waals surface area contributed by atoms with E-state index in [0.717, 1.165) is 12.8 Å². The minimum atomic E-state index is 0.264. The van der Waals surface area contributed by atoms with E-state index in [4.69, 9.17) is 10.5 Å². The van der Waals surface area contributed by atoms with E-state index in [9.17, 15) is 0 Å². The maximum atomic E-state index is 6.17. The summed E-state index contributed by atoms with van der Waals surface area (Å²) in [5.74, 6) is 0. The van der Waals surface area contributed by atoms with Crippen LogP contribution in [-0.4, -0.2) is 17.8 Å². The van der Waals surface area contributed by atoms with Crippen LogP contribution in [-0.2, 0) is 11.2 Å². The molecule has 0 bridgehead atoms. The van der Waals surface area contributed by atoms with Gasteiger partial charge in [-0.15, -0.1) is 0 Å². The van der Waals surface area contributed by atoms with Crippen molar-refractivity contribution in [1.29, 1.82) is 0 Å². The van der Waals surface area contributed by atoms with E-state index >= 15 is 0 Å². The second-order valence-electron chi connectivity index (χ2n) is 5.45. The number of nitrogens with zero attached hydrogens (tertiary/aromatic N) is 1. The molecule has 1 aromatic rings. The molecule has 3 heteroatoms. The lowest BCUT2D eigenvalue weighted by Crippen LogP contribution is -2.19. The number of ether oxygens (including phenoxy) is 1. The van der Waals surface area contributed by atoms with Crippen molar-refractivity contribution in [1.82, 2.24) is 4.57 Å². The van der Waals surface area contributed by atoms with Crippen molar-refractivity contribution >= 4 is 0 Å². The van der Waals surface area contributed by atoms with Crippen molar-refractivity contribution in [2.75, 3.05) is 7.11 Å². The van der Waals surface area contributed by atoms with Gasteiger partial charge < -0.3 is 15.0 Å². The summed E-state index contributed by atoms with van der Waals surface area (Å²) >= 11 is 0. The molecule has 2 aliphatic carbocycles. The molecule has 3 atom stereocenters. The fraction of sp³-hybridized carbons (Fsp3) is 0.714. The first-order valence-electron chi connectivity index (χ1n) is 6.77. The quantitative estimate of drug-likeness (QED) is 0.854. The Hall–Kier alpha value is -0.800. The Kier molecular flexibility index (Phi) is 2.97. The molecule has 1 saturated carbocycles. The third-order valence-corrected chi connectivity index (χ3v) is 4.47. The van der Waals surface area contributed by atoms with Crippen LogP contribution in [0.15, 0.2) is 12.3 Å². The smallest absolute Gasteiger partial charge is 0.0591 e. The predicted molar refractivity (Wildman–Crippen MR) is 68.0 cm³/mol. The third-order valence-electron chi connectivity index (χ3n) is 4.47. The first-order valence-corrected chi connectivity index (χ1v) is 6.77. The van der Waals surface area contributed by atoms with Crippen LogP contribution >= 0.6 is 0 Å². The van der Waals surface area contributed by atoms with Crippen LogP contribution in [0.2, 0.25) is 0 Å². The summed E-state index contributed by atoms with van der Waals surface area (Å²) in [5.41, 5.74) is 9.05. The fourth-order valence-corrected chi connectivity index (χ4v) is 3.48. The second-order valence-corrected chi connectivity index (χ2v) is 5.45. The van der Waals surface area contributed by atoms with Gasteiger partial charge in [0.05, 0.1) is 6.10 Å². The van der Waals surface area contributed by atoms with Crippen molar-refractivity contribution in [2.24, 2.45) is 5.73 Å². The third kappa shape index (κ3) is 1.91. The van der Waals surface area contributed by atoms with Crippen molar-refractivity contribution < 1.29 is 4.74 Å². The summed E-state index contributed by atoms with van der Waals surface area (Å²) in [6.45, 7) is 0. The van der Waals surface area contributed by atoms with Gasteiger partial charge in [-0.1, -0.05) is 0 Å². The first-order chi connectivity index (χ1) is 8.29. The Labute approximate surface area is 103 Å². The van der Waals surface area contributed by atoms with Gasteiger partial charge in [-0.3, -0.25) is 0 Å². The van der Waals surface area contributed by atoms with Crippen LogP contribution in [0.1, 0.15) is 55.4 Å². The molecule has 0 saturated heterocycles. The summed E-state index contributed by atoms with van der Waals surface area (Å²) in [6, 6.07) is 3.13. The molecule has 1 heterocycles. The number of methoxy groups -OCH3 is 1.